The fourth-order valence-corrected chi connectivity index (χ4v) is 2.67. The van der Waals surface area contributed by atoms with Crippen LogP contribution in [0.15, 0.2) is 12.1 Å². The van der Waals surface area contributed by atoms with Crippen LogP contribution < -0.4 is 10.1 Å². The van der Waals surface area contributed by atoms with Gasteiger partial charge < -0.3 is 10.1 Å². The predicted molar refractivity (Wildman–Crippen MR) is 76.4 cm³/mol. The second-order valence-electron chi connectivity index (χ2n) is 5.49. The average Bonchev–Trinajstić information content (AvgIpc) is 2.83. The van der Waals surface area contributed by atoms with E-state index < -0.39 is 0 Å². The van der Waals surface area contributed by atoms with Crippen molar-refractivity contribution in [3.63, 3.8) is 0 Å². The molecule has 0 aliphatic carbocycles. The second kappa shape index (κ2) is 6.24. The number of ether oxygens (including phenoxy) is 1. The van der Waals surface area contributed by atoms with Gasteiger partial charge in [-0.15, -0.1) is 0 Å². The van der Waals surface area contributed by atoms with Crippen molar-refractivity contribution in [2.75, 3.05) is 13.2 Å². The number of nitrogens with one attached hydrogen (secondary N) is 1. The molecule has 0 saturated carbocycles. The van der Waals surface area contributed by atoms with Crippen molar-refractivity contribution < 1.29 is 4.74 Å². The summed E-state index contributed by atoms with van der Waals surface area (Å²) < 4.78 is 5.93. The van der Waals surface area contributed by atoms with Gasteiger partial charge in [-0.3, -0.25) is 0 Å². The third-order valence-electron chi connectivity index (χ3n) is 3.88. The number of hydrogen-bond donors (Lipinski definition) is 1. The fourth-order valence-electron chi connectivity index (χ4n) is 2.67. The van der Waals surface area contributed by atoms with Gasteiger partial charge >= 0.3 is 0 Å². The summed E-state index contributed by atoms with van der Waals surface area (Å²) in [6, 6.07) is 5.09. The van der Waals surface area contributed by atoms with Crippen molar-refractivity contribution in [3.05, 3.63) is 28.8 Å². The Bertz CT molecular complexity index is 394. The molecule has 1 N–H and O–H groups in total. The predicted octanol–water partition coefficient (Wildman–Crippen LogP) is 3.52. The van der Waals surface area contributed by atoms with Crippen LogP contribution in [0, 0.1) is 20.8 Å². The van der Waals surface area contributed by atoms with Gasteiger partial charge in [0.2, 0.25) is 0 Å². The molecule has 2 heteroatoms. The van der Waals surface area contributed by atoms with Crippen molar-refractivity contribution in [1.82, 2.24) is 5.32 Å². The molecule has 2 rings (SSSR count). The smallest absolute Gasteiger partial charge is 0.122 e. The van der Waals surface area contributed by atoms with Gasteiger partial charge in [0.05, 0.1) is 6.61 Å². The largest absolute Gasteiger partial charge is 0.493 e. The van der Waals surface area contributed by atoms with Gasteiger partial charge in [0.1, 0.15) is 5.75 Å². The lowest BCUT2D eigenvalue weighted by Gasteiger charge is -2.14. The molecule has 1 unspecified atom stereocenters. The molecule has 2 nitrogen and oxygen atoms in total. The second-order valence-corrected chi connectivity index (χ2v) is 5.49. The van der Waals surface area contributed by atoms with Crippen LogP contribution in [0.1, 0.15) is 42.4 Å². The summed E-state index contributed by atoms with van der Waals surface area (Å²) in [5.74, 6) is 1.06. The normalized spacial score (nSPS) is 19.2. The first kappa shape index (κ1) is 13.4. The molecule has 1 atom stereocenters. The van der Waals surface area contributed by atoms with Crippen LogP contribution in [0.2, 0.25) is 0 Å². The van der Waals surface area contributed by atoms with Gasteiger partial charge in [-0.25, -0.2) is 0 Å². The lowest BCUT2D eigenvalue weighted by atomic mass is 10.1. The van der Waals surface area contributed by atoms with Gasteiger partial charge in [-0.05, 0) is 75.8 Å². The van der Waals surface area contributed by atoms with E-state index in [1.807, 2.05) is 0 Å². The van der Waals surface area contributed by atoms with Gasteiger partial charge in [0.25, 0.3) is 0 Å². The Morgan fingerprint density at radius 2 is 2.11 bits per heavy atom. The molecule has 1 aromatic rings. The first-order valence-corrected chi connectivity index (χ1v) is 7.11. The zero-order chi connectivity index (χ0) is 13.0. The molecule has 0 bridgehead atoms. The lowest BCUT2D eigenvalue weighted by Crippen LogP contribution is -2.21. The highest BCUT2D eigenvalue weighted by atomic mass is 16.5. The molecule has 1 aliphatic heterocycles. The molecular weight excluding hydrogens is 222 g/mol. The lowest BCUT2D eigenvalue weighted by molar-refractivity contribution is 0.297. The molecule has 1 aromatic carbocycles. The maximum Gasteiger partial charge on any atom is 0.122 e. The number of aryl methyl sites for hydroxylation is 2. The van der Waals surface area contributed by atoms with E-state index in [1.165, 1.54) is 42.5 Å². The van der Waals surface area contributed by atoms with E-state index in [4.69, 9.17) is 4.74 Å². The highest BCUT2D eigenvalue weighted by molar-refractivity contribution is 5.41. The summed E-state index contributed by atoms with van der Waals surface area (Å²) in [7, 11) is 0. The molecule has 0 radical (unpaired) electrons. The third-order valence-corrected chi connectivity index (χ3v) is 3.88. The first-order chi connectivity index (χ1) is 8.66. The molecular formula is C16H25NO. The fraction of sp³-hybridized carbons (Fsp3) is 0.625. The maximum absolute atomic E-state index is 5.93. The Morgan fingerprint density at radius 3 is 2.83 bits per heavy atom. The minimum Gasteiger partial charge on any atom is -0.493 e. The van der Waals surface area contributed by atoms with Crippen LogP contribution in [-0.4, -0.2) is 19.2 Å². The summed E-state index contributed by atoms with van der Waals surface area (Å²) in [6.45, 7) is 8.45. The summed E-state index contributed by atoms with van der Waals surface area (Å²) in [4.78, 5) is 0. The van der Waals surface area contributed by atoms with Crippen molar-refractivity contribution in [3.8, 4) is 5.75 Å². The van der Waals surface area contributed by atoms with Crippen molar-refractivity contribution in [1.29, 1.82) is 0 Å². The molecule has 100 valence electrons. The van der Waals surface area contributed by atoms with Crippen LogP contribution in [0.25, 0.3) is 0 Å². The van der Waals surface area contributed by atoms with Gasteiger partial charge in [0.15, 0.2) is 0 Å². The Balaban J connectivity index is 1.79. The van der Waals surface area contributed by atoms with Crippen LogP contribution >= 0.6 is 0 Å². The Kier molecular flexibility index (Phi) is 4.65. The average molecular weight is 247 g/mol. The minimum atomic E-state index is 0.731. The van der Waals surface area contributed by atoms with Gasteiger partial charge in [-0.1, -0.05) is 6.07 Å². The monoisotopic (exact) mass is 247 g/mol. The van der Waals surface area contributed by atoms with E-state index in [0.717, 1.165) is 24.8 Å². The molecule has 0 spiro atoms. The van der Waals surface area contributed by atoms with E-state index in [0.29, 0.717) is 0 Å². The number of hydrogen-bond acceptors (Lipinski definition) is 2. The number of benzene rings is 1. The number of rotatable bonds is 5. The van der Waals surface area contributed by atoms with E-state index >= 15 is 0 Å². The van der Waals surface area contributed by atoms with Crippen LogP contribution in [-0.2, 0) is 0 Å². The topological polar surface area (TPSA) is 21.3 Å². The van der Waals surface area contributed by atoms with Gasteiger partial charge in [0, 0.05) is 6.04 Å². The van der Waals surface area contributed by atoms with Crippen molar-refractivity contribution in [2.45, 2.75) is 52.5 Å². The summed E-state index contributed by atoms with van der Waals surface area (Å²) >= 11 is 0. The van der Waals surface area contributed by atoms with Crippen molar-refractivity contribution in [2.24, 2.45) is 0 Å². The molecule has 1 saturated heterocycles. The van der Waals surface area contributed by atoms with Crippen molar-refractivity contribution >= 4 is 0 Å². The van der Waals surface area contributed by atoms with Gasteiger partial charge in [-0.2, -0.15) is 0 Å². The maximum atomic E-state index is 5.93. The molecule has 0 aromatic heterocycles. The molecule has 1 aliphatic rings. The highest BCUT2D eigenvalue weighted by Crippen LogP contribution is 2.23. The Hall–Kier alpha value is -1.02. The zero-order valence-corrected chi connectivity index (χ0v) is 11.9. The van der Waals surface area contributed by atoms with Crippen LogP contribution in [0.3, 0.4) is 0 Å². The SMILES string of the molecule is Cc1cc(C)c(C)c(OCCCC2CCCN2)c1. The van der Waals surface area contributed by atoms with Crippen LogP contribution in [0.4, 0.5) is 0 Å². The van der Waals surface area contributed by atoms with E-state index in [1.54, 1.807) is 0 Å². The summed E-state index contributed by atoms with van der Waals surface area (Å²) in [5.41, 5.74) is 3.88. The van der Waals surface area contributed by atoms with E-state index in [9.17, 15) is 0 Å². The minimum absolute atomic E-state index is 0.731. The summed E-state index contributed by atoms with van der Waals surface area (Å²) in [6.07, 6.45) is 5.05. The Labute approximate surface area is 111 Å². The molecule has 0 amide bonds. The summed E-state index contributed by atoms with van der Waals surface area (Å²) in [5, 5.41) is 3.53. The van der Waals surface area contributed by atoms with Crippen LogP contribution in [0.5, 0.6) is 5.75 Å². The highest BCUT2D eigenvalue weighted by Gasteiger charge is 2.13. The quantitative estimate of drug-likeness (QED) is 0.804. The first-order valence-electron chi connectivity index (χ1n) is 7.11. The standard InChI is InChI=1S/C16H25NO/c1-12-10-13(2)14(3)16(11-12)18-9-5-7-15-6-4-8-17-15/h10-11,15,17H,4-9H2,1-3H3. The van der Waals surface area contributed by atoms with E-state index in [-0.39, 0.29) is 0 Å². The molecule has 18 heavy (non-hydrogen) atoms. The Morgan fingerprint density at radius 1 is 1.28 bits per heavy atom. The third kappa shape index (κ3) is 3.49. The molecule has 1 heterocycles. The zero-order valence-electron chi connectivity index (χ0n) is 11.9. The molecule has 1 fully saturated rings. The van der Waals surface area contributed by atoms with E-state index in [2.05, 4.69) is 38.2 Å².